The molecule has 34 heavy (non-hydrogen) atoms. The molecule has 2 aromatic carbocycles. The van der Waals surface area contributed by atoms with Crippen molar-refractivity contribution in [2.75, 3.05) is 29.0 Å². The van der Waals surface area contributed by atoms with Crippen LogP contribution in [0.25, 0.3) is 0 Å². The van der Waals surface area contributed by atoms with Crippen molar-refractivity contribution in [3.8, 4) is 0 Å². The fraction of sp³-hybridized carbons (Fsp3) is 0.346. The Kier molecular flexibility index (Phi) is 7.94. The Labute approximate surface area is 199 Å². The van der Waals surface area contributed by atoms with Crippen LogP contribution in [0.5, 0.6) is 0 Å². The van der Waals surface area contributed by atoms with Crippen LogP contribution in [-0.2, 0) is 11.3 Å². The van der Waals surface area contributed by atoms with Crippen molar-refractivity contribution >= 4 is 23.1 Å². The van der Waals surface area contributed by atoms with Crippen molar-refractivity contribution in [3.63, 3.8) is 0 Å². The predicted molar refractivity (Wildman–Crippen MR) is 137 cm³/mol. The van der Waals surface area contributed by atoms with Gasteiger partial charge >= 0.3 is 5.69 Å². The number of amides is 1. The molecule has 0 unspecified atom stereocenters. The topological polar surface area (TPSA) is 113 Å². The fourth-order valence-corrected chi connectivity index (χ4v) is 3.72. The Morgan fingerprint density at radius 3 is 2.50 bits per heavy atom. The molecule has 8 nitrogen and oxygen atoms in total. The lowest BCUT2D eigenvalue weighted by Crippen LogP contribution is -2.42. The number of aryl methyl sites for hydroxylation is 2. The normalized spacial score (nSPS) is 11.0. The van der Waals surface area contributed by atoms with Crippen LogP contribution in [0.2, 0.25) is 0 Å². The van der Waals surface area contributed by atoms with Gasteiger partial charge in [-0.15, -0.1) is 0 Å². The molecule has 4 N–H and O–H groups in total. The second-order valence-corrected chi connectivity index (χ2v) is 9.04. The highest BCUT2D eigenvalue weighted by Crippen LogP contribution is 2.20. The van der Waals surface area contributed by atoms with Gasteiger partial charge in [-0.3, -0.25) is 19.1 Å². The molecule has 8 heteroatoms. The SMILES string of the molecule is Cc1ccc(C)c(NC(=O)CN(CCC(C)C)c2c(N)n(Cc3ccccc3)c(=O)[nH]c2=O)c1. The summed E-state index contributed by atoms with van der Waals surface area (Å²) in [7, 11) is 0. The Morgan fingerprint density at radius 2 is 1.82 bits per heavy atom. The Morgan fingerprint density at radius 1 is 1.12 bits per heavy atom. The van der Waals surface area contributed by atoms with Crippen LogP contribution in [0.15, 0.2) is 58.1 Å². The second kappa shape index (κ2) is 10.9. The van der Waals surface area contributed by atoms with E-state index in [1.54, 1.807) is 4.90 Å². The summed E-state index contributed by atoms with van der Waals surface area (Å²) in [5, 5.41) is 2.94. The van der Waals surface area contributed by atoms with Crippen molar-refractivity contribution in [3.05, 3.63) is 86.1 Å². The van der Waals surface area contributed by atoms with E-state index in [2.05, 4.69) is 24.1 Å². The van der Waals surface area contributed by atoms with E-state index in [0.717, 1.165) is 28.8 Å². The number of benzene rings is 2. The first kappa shape index (κ1) is 24.8. The summed E-state index contributed by atoms with van der Waals surface area (Å²) in [6.07, 6.45) is 0.743. The second-order valence-electron chi connectivity index (χ2n) is 9.04. The summed E-state index contributed by atoms with van der Waals surface area (Å²) in [6.45, 7) is 8.60. The molecular formula is C26H33N5O3. The number of aromatic nitrogens is 2. The molecule has 3 aromatic rings. The zero-order valence-electron chi connectivity index (χ0n) is 20.2. The number of nitrogens with zero attached hydrogens (tertiary/aromatic N) is 2. The van der Waals surface area contributed by atoms with Gasteiger partial charge in [0.2, 0.25) is 5.91 Å². The van der Waals surface area contributed by atoms with Crippen LogP contribution in [0.3, 0.4) is 0 Å². The van der Waals surface area contributed by atoms with E-state index in [1.807, 2.05) is 62.4 Å². The number of carbonyl (C=O) groups excluding carboxylic acids is 1. The largest absolute Gasteiger partial charge is 0.383 e. The summed E-state index contributed by atoms with van der Waals surface area (Å²) in [5.41, 5.74) is 8.90. The number of nitrogens with two attached hydrogens (primary N) is 1. The van der Waals surface area contributed by atoms with Gasteiger partial charge in [0.15, 0.2) is 0 Å². The molecule has 0 aliphatic rings. The maximum atomic E-state index is 13.0. The maximum Gasteiger partial charge on any atom is 0.330 e. The van der Waals surface area contributed by atoms with Crippen molar-refractivity contribution < 1.29 is 4.79 Å². The van der Waals surface area contributed by atoms with Crippen LogP contribution in [0.4, 0.5) is 17.2 Å². The van der Waals surface area contributed by atoms with E-state index in [-0.39, 0.29) is 30.5 Å². The van der Waals surface area contributed by atoms with E-state index in [4.69, 9.17) is 5.73 Å². The Balaban J connectivity index is 1.95. The van der Waals surface area contributed by atoms with Crippen LogP contribution >= 0.6 is 0 Å². The lowest BCUT2D eigenvalue weighted by molar-refractivity contribution is -0.115. The van der Waals surface area contributed by atoms with Gasteiger partial charge < -0.3 is 16.0 Å². The third kappa shape index (κ3) is 6.15. The van der Waals surface area contributed by atoms with E-state index in [1.165, 1.54) is 4.57 Å². The molecule has 0 fully saturated rings. The minimum absolute atomic E-state index is 0.0425. The third-order valence-electron chi connectivity index (χ3n) is 5.69. The number of nitrogen functional groups attached to an aromatic ring is 1. The first-order valence-corrected chi connectivity index (χ1v) is 11.4. The smallest absolute Gasteiger partial charge is 0.330 e. The molecule has 0 aliphatic carbocycles. The van der Waals surface area contributed by atoms with Gasteiger partial charge in [0, 0.05) is 12.2 Å². The fourth-order valence-electron chi connectivity index (χ4n) is 3.72. The standard InChI is InChI=1S/C26H33N5O3/c1-17(2)12-13-30(16-22(32)28-21-14-18(3)10-11-19(21)4)23-24(27)31(26(34)29-25(23)33)15-20-8-6-5-7-9-20/h5-11,14,17H,12-13,15-16,27H2,1-4H3,(H,28,32)(H,29,33,34). The van der Waals surface area contributed by atoms with Crippen molar-refractivity contribution in [2.24, 2.45) is 5.92 Å². The number of hydrogen-bond donors (Lipinski definition) is 3. The number of carbonyl (C=O) groups is 1. The molecular weight excluding hydrogens is 430 g/mol. The molecule has 1 aromatic heterocycles. The average Bonchev–Trinajstić information content (AvgIpc) is 2.78. The molecule has 0 radical (unpaired) electrons. The van der Waals surface area contributed by atoms with Gasteiger partial charge in [0.1, 0.15) is 11.5 Å². The average molecular weight is 464 g/mol. The van der Waals surface area contributed by atoms with E-state index in [9.17, 15) is 14.4 Å². The zero-order valence-corrected chi connectivity index (χ0v) is 20.2. The van der Waals surface area contributed by atoms with E-state index >= 15 is 0 Å². The Bertz CT molecular complexity index is 1260. The van der Waals surface area contributed by atoms with Gasteiger partial charge in [0.25, 0.3) is 5.56 Å². The summed E-state index contributed by atoms with van der Waals surface area (Å²) in [6, 6.07) is 15.2. The van der Waals surface area contributed by atoms with Crippen LogP contribution < -0.4 is 27.2 Å². The third-order valence-corrected chi connectivity index (χ3v) is 5.69. The Hall–Kier alpha value is -3.81. The van der Waals surface area contributed by atoms with E-state index < -0.39 is 11.2 Å². The summed E-state index contributed by atoms with van der Waals surface area (Å²) in [5.74, 6) is 0.123. The van der Waals surface area contributed by atoms with Gasteiger partial charge in [-0.1, -0.05) is 56.3 Å². The first-order valence-electron chi connectivity index (χ1n) is 11.4. The summed E-state index contributed by atoms with van der Waals surface area (Å²) >= 11 is 0. The zero-order chi connectivity index (χ0) is 24.8. The molecule has 0 bridgehead atoms. The van der Waals surface area contributed by atoms with Gasteiger partial charge in [-0.25, -0.2) is 4.79 Å². The van der Waals surface area contributed by atoms with Crippen molar-refractivity contribution in [1.29, 1.82) is 0 Å². The highest BCUT2D eigenvalue weighted by molar-refractivity contribution is 5.95. The number of rotatable bonds is 9. The molecule has 0 saturated carbocycles. The van der Waals surface area contributed by atoms with Gasteiger partial charge in [0.05, 0.1) is 13.1 Å². The maximum absolute atomic E-state index is 13.0. The van der Waals surface area contributed by atoms with Gasteiger partial charge in [-0.05, 0) is 48.9 Å². The molecule has 1 amide bonds. The van der Waals surface area contributed by atoms with Crippen LogP contribution in [-0.4, -0.2) is 28.5 Å². The quantitative estimate of drug-likeness (QED) is 0.451. The molecule has 180 valence electrons. The van der Waals surface area contributed by atoms with E-state index in [0.29, 0.717) is 12.5 Å². The number of hydrogen-bond acceptors (Lipinski definition) is 5. The molecule has 1 heterocycles. The monoisotopic (exact) mass is 463 g/mol. The van der Waals surface area contributed by atoms with Crippen molar-refractivity contribution in [1.82, 2.24) is 9.55 Å². The minimum atomic E-state index is -0.602. The lowest BCUT2D eigenvalue weighted by Gasteiger charge is -2.26. The van der Waals surface area contributed by atoms with Crippen LogP contribution in [0, 0.1) is 19.8 Å². The highest BCUT2D eigenvalue weighted by atomic mass is 16.2. The number of nitrogens with one attached hydrogen (secondary N) is 2. The highest BCUT2D eigenvalue weighted by Gasteiger charge is 2.22. The summed E-state index contributed by atoms with van der Waals surface area (Å²) in [4.78, 5) is 42.5. The van der Waals surface area contributed by atoms with Crippen LogP contribution in [0.1, 0.15) is 37.0 Å². The molecule has 0 atom stereocenters. The molecule has 3 rings (SSSR count). The minimum Gasteiger partial charge on any atom is -0.383 e. The number of H-pyrrole nitrogens is 1. The number of anilines is 3. The molecule has 0 saturated heterocycles. The lowest BCUT2D eigenvalue weighted by atomic mass is 10.1. The summed E-state index contributed by atoms with van der Waals surface area (Å²) < 4.78 is 1.33. The first-order chi connectivity index (χ1) is 16.2. The molecule has 0 spiro atoms. The molecule has 0 aliphatic heterocycles. The van der Waals surface area contributed by atoms with Gasteiger partial charge in [-0.2, -0.15) is 0 Å². The predicted octanol–water partition coefficient (Wildman–Crippen LogP) is 3.28. The van der Waals surface area contributed by atoms with Crippen molar-refractivity contribution in [2.45, 2.75) is 40.7 Å². The number of aromatic amines is 1.